The lowest BCUT2D eigenvalue weighted by Crippen LogP contribution is -2.10. The number of methoxy groups -OCH3 is 1. The average molecular weight is 325 g/mol. The zero-order valence-electron chi connectivity index (χ0n) is 14.6. The van der Waals surface area contributed by atoms with Crippen LogP contribution in [0.3, 0.4) is 0 Å². The molecule has 0 bridgehead atoms. The molecule has 0 aromatic heterocycles. The molecule has 2 aromatic carbocycles. The third kappa shape index (κ3) is 4.95. The van der Waals surface area contributed by atoms with Crippen LogP contribution in [0.4, 0.5) is 0 Å². The van der Waals surface area contributed by atoms with Gasteiger partial charge < -0.3 is 9.57 Å². The number of rotatable bonds is 5. The highest BCUT2D eigenvalue weighted by Crippen LogP contribution is 2.22. The van der Waals surface area contributed by atoms with Gasteiger partial charge >= 0.3 is 5.97 Å². The van der Waals surface area contributed by atoms with Crippen molar-refractivity contribution in [3.8, 4) is 0 Å². The van der Waals surface area contributed by atoms with Gasteiger partial charge in [-0.05, 0) is 34.2 Å². The topological polar surface area (TPSA) is 47.9 Å². The van der Waals surface area contributed by atoms with Crippen LogP contribution in [0.2, 0.25) is 0 Å². The molecule has 0 radical (unpaired) electrons. The van der Waals surface area contributed by atoms with Gasteiger partial charge in [-0.25, -0.2) is 4.79 Å². The zero-order valence-corrected chi connectivity index (χ0v) is 14.6. The smallest absolute Gasteiger partial charge is 0.337 e. The minimum Gasteiger partial charge on any atom is -0.465 e. The summed E-state index contributed by atoms with van der Waals surface area (Å²) in [6.07, 6.45) is 1.62. The number of nitrogens with zero attached hydrogens (tertiary/aromatic N) is 1. The summed E-state index contributed by atoms with van der Waals surface area (Å²) in [4.78, 5) is 16.7. The predicted octanol–water partition coefficient (Wildman–Crippen LogP) is 4.32. The molecule has 0 aliphatic carbocycles. The first-order chi connectivity index (χ1) is 11.4. The van der Waals surface area contributed by atoms with Crippen molar-refractivity contribution < 1.29 is 14.4 Å². The minimum atomic E-state index is -0.353. The second-order valence-electron chi connectivity index (χ2n) is 6.57. The maximum atomic E-state index is 11.3. The van der Waals surface area contributed by atoms with Crippen molar-refractivity contribution in [1.82, 2.24) is 0 Å². The minimum absolute atomic E-state index is 0.147. The second kappa shape index (κ2) is 7.77. The van der Waals surface area contributed by atoms with Crippen molar-refractivity contribution >= 4 is 12.2 Å². The number of carbonyl (C=O) groups is 1. The summed E-state index contributed by atoms with van der Waals surface area (Å²) in [5.41, 5.74) is 3.87. The highest BCUT2D eigenvalue weighted by Gasteiger charge is 2.12. The van der Waals surface area contributed by atoms with Crippen molar-refractivity contribution in [1.29, 1.82) is 0 Å². The van der Waals surface area contributed by atoms with Gasteiger partial charge in [0, 0.05) is 0 Å². The van der Waals surface area contributed by atoms with Crippen LogP contribution in [0.15, 0.2) is 53.7 Å². The van der Waals surface area contributed by atoms with Crippen LogP contribution in [-0.4, -0.2) is 19.3 Å². The molecule has 0 saturated heterocycles. The van der Waals surface area contributed by atoms with Crippen molar-refractivity contribution in [2.75, 3.05) is 7.11 Å². The van der Waals surface area contributed by atoms with Crippen LogP contribution >= 0.6 is 0 Å². The molecule has 0 saturated carbocycles. The second-order valence-corrected chi connectivity index (χ2v) is 6.57. The van der Waals surface area contributed by atoms with Crippen molar-refractivity contribution in [3.63, 3.8) is 0 Å². The number of hydrogen-bond donors (Lipinski definition) is 0. The Morgan fingerprint density at radius 2 is 1.67 bits per heavy atom. The molecular weight excluding hydrogens is 302 g/mol. The van der Waals surface area contributed by atoms with E-state index in [1.54, 1.807) is 30.5 Å². The summed E-state index contributed by atoms with van der Waals surface area (Å²) in [5, 5.41) is 3.96. The Balaban J connectivity index is 1.87. The summed E-state index contributed by atoms with van der Waals surface area (Å²) < 4.78 is 4.66. The van der Waals surface area contributed by atoms with Crippen LogP contribution in [-0.2, 0) is 21.6 Å². The monoisotopic (exact) mass is 325 g/mol. The lowest BCUT2D eigenvalue weighted by molar-refractivity contribution is 0.0600. The van der Waals surface area contributed by atoms with E-state index in [1.165, 1.54) is 12.7 Å². The molecule has 0 fully saturated rings. The van der Waals surface area contributed by atoms with E-state index in [4.69, 9.17) is 4.84 Å². The third-order valence-electron chi connectivity index (χ3n) is 3.66. The van der Waals surface area contributed by atoms with Gasteiger partial charge in [0.2, 0.25) is 0 Å². The van der Waals surface area contributed by atoms with E-state index in [0.29, 0.717) is 12.2 Å². The van der Waals surface area contributed by atoms with Crippen LogP contribution in [0.25, 0.3) is 0 Å². The first-order valence-corrected chi connectivity index (χ1v) is 7.83. The molecule has 0 unspecified atom stereocenters. The molecule has 0 aliphatic heterocycles. The van der Waals surface area contributed by atoms with E-state index in [0.717, 1.165) is 11.1 Å². The summed E-state index contributed by atoms with van der Waals surface area (Å²) in [6, 6.07) is 15.3. The Bertz CT molecular complexity index is 695. The Morgan fingerprint density at radius 1 is 1.04 bits per heavy atom. The van der Waals surface area contributed by atoms with Gasteiger partial charge in [0.1, 0.15) is 6.61 Å². The van der Waals surface area contributed by atoms with Crippen LogP contribution in [0.1, 0.15) is 47.8 Å². The zero-order chi connectivity index (χ0) is 17.6. The van der Waals surface area contributed by atoms with E-state index in [1.807, 2.05) is 0 Å². The van der Waals surface area contributed by atoms with Gasteiger partial charge in [-0.3, -0.25) is 0 Å². The Labute approximate surface area is 143 Å². The Hall–Kier alpha value is -2.62. The quantitative estimate of drug-likeness (QED) is 0.467. The van der Waals surface area contributed by atoms with Gasteiger partial charge in [0.15, 0.2) is 0 Å². The molecule has 0 heterocycles. The fourth-order valence-corrected chi connectivity index (χ4v) is 2.13. The number of oxime groups is 1. The van der Waals surface area contributed by atoms with E-state index in [-0.39, 0.29) is 11.4 Å². The molecule has 0 spiro atoms. The maximum absolute atomic E-state index is 11.3. The molecule has 24 heavy (non-hydrogen) atoms. The maximum Gasteiger partial charge on any atom is 0.337 e. The molecule has 4 heteroatoms. The van der Waals surface area contributed by atoms with Crippen molar-refractivity contribution in [2.45, 2.75) is 32.8 Å². The Kier molecular flexibility index (Phi) is 5.74. The lowest BCUT2D eigenvalue weighted by atomic mass is 9.87. The van der Waals surface area contributed by atoms with Crippen molar-refractivity contribution in [3.05, 3.63) is 70.8 Å². The number of esters is 1. The SMILES string of the molecule is COC(=O)c1ccc(/C=N/OCc2ccc(C(C)(C)C)cc2)cc1. The van der Waals surface area contributed by atoms with Gasteiger partial charge in [0.25, 0.3) is 0 Å². The number of ether oxygens (including phenoxy) is 1. The molecule has 0 atom stereocenters. The van der Waals surface area contributed by atoms with Gasteiger partial charge in [0.05, 0.1) is 18.9 Å². The highest BCUT2D eigenvalue weighted by atomic mass is 16.6. The molecule has 126 valence electrons. The number of hydrogen-bond acceptors (Lipinski definition) is 4. The molecule has 0 amide bonds. The molecular formula is C20H23NO3. The molecule has 0 N–H and O–H groups in total. The van der Waals surface area contributed by atoms with Gasteiger partial charge in [-0.1, -0.05) is 62.3 Å². The summed E-state index contributed by atoms with van der Waals surface area (Å²) >= 11 is 0. The fraction of sp³-hybridized carbons (Fsp3) is 0.300. The predicted molar refractivity (Wildman–Crippen MR) is 95.3 cm³/mol. The fourth-order valence-electron chi connectivity index (χ4n) is 2.13. The third-order valence-corrected chi connectivity index (χ3v) is 3.66. The molecule has 2 aromatic rings. The first kappa shape index (κ1) is 17.7. The summed E-state index contributed by atoms with van der Waals surface area (Å²) in [6.45, 7) is 6.98. The first-order valence-electron chi connectivity index (χ1n) is 7.83. The van der Waals surface area contributed by atoms with Crippen LogP contribution < -0.4 is 0 Å². The van der Waals surface area contributed by atoms with Crippen molar-refractivity contribution in [2.24, 2.45) is 5.16 Å². The molecule has 4 nitrogen and oxygen atoms in total. The standard InChI is InChI=1S/C20H23NO3/c1-20(2,3)18-11-7-16(8-12-18)14-24-21-13-15-5-9-17(10-6-15)19(22)23-4/h5-13H,14H2,1-4H3/b21-13+. The highest BCUT2D eigenvalue weighted by molar-refractivity contribution is 5.90. The summed E-state index contributed by atoms with van der Waals surface area (Å²) in [7, 11) is 1.36. The van der Waals surface area contributed by atoms with E-state index in [2.05, 4.69) is 54.9 Å². The van der Waals surface area contributed by atoms with E-state index >= 15 is 0 Å². The van der Waals surface area contributed by atoms with Crippen LogP contribution in [0.5, 0.6) is 0 Å². The molecule has 2 rings (SSSR count). The van der Waals surface area contributed by atoms with E-state index in [9.17, 15) is 4.79 Å². The molecule has 0 aliphatic rings. The normalized spacial score (nSPS) is 11.5. The van der Waals surface area contributed by atoms with Crippen LogP contribution in [0, 0.1) is 0 Å². The van der Waals surface area contributed by atoms with Gasteiger partial charge in [-0.15, -0.1) is 0 Å². The largest absolute Gasteiger partial charge is 0.465 e. The van der Waals surface area contributed by atoms with E-state index < -0.39 is 0 Å². The average Bonchev–Trinajstić information content (AvgIpc) is 2.58. The summed E-state index contributed by atoms with van der Waals surface area (Å²) in [5.74, 6) is -0.353. The Morgan fingerprint density at radius 3 is 2.21 bits per heavy atom. The van der Waals surface area contributed by atoms with Gasteiger partial charge in [-0.2, -0.15) is 0 Å². The lowest BCUT2D eigenvalue weighted by Gasteiger charge is -2.18. The number of carbonyl (C=O) groups excluding carboxylic acids is 1. The number of benzene rings is 2.